The second-order valence-corrected chi connectivity index (χ2v) is 7.10. The van der Waals surface area contributed by atoms with Crippen molar-refractivity contribution in [1.82, 2.24) is 20.0 Å². The van der Waals surface area contributed by atoms with E-state index >= 15 is 0 Å². The Balaban J connectivity index is 1.38. The number of carbonyl (C=O) groups excluding carboxylic acids is 1. The van der Waals surface area contributed by atoms with Crippen LogP contribution in [0.3, 0.4) is 0 Å². The summed E-state index contributed by atoms with van der Waals surface area (Å²) in [7, 11) is 0. The monoisotopic (exact) mass is 335 g/mol. The van der Waals surface area contributed by atoms with E-state index in [-0.39, 0.29) is 6.03 Å². The fourth-order valence-corrected chi connectivity index (χ4v) is 3.69. The first kappa shape index (κ1) is 17.2. The van der Waals surface area contributed by atoms with Gasteiger partial charge in [0.05, 0.1) is 24.5 Å². The van der Waals surface area contributed by atoms with E-state index in [1.165, 1.54) is 38.5 Å². The van der Waals surface area contributed by atoms with Crippen molar-refractivity contribution in [3.8, 4) is 0 Å². The van der Waals surface area contributed by atoms with Crippen LogP contribution in [-0.2, 0) is 6.54 Å². The van der Waals surface area contributed by atoms with Crippen molar-refractivity contribution >= 4 is 11.7 Å². The highest BCUT2D eigenvalue weighted by molar-refractivity contribution is 5.88. The molecule has 2 aliphatic rings. The highest BCUT2D eigenvalue weighted by Crippen LogP contribution is 2.23. The van der Waals surface area contributed by atoms with Gasteiger partial charge in [0.2, 0.25) is 0 Å². The zero-order valence-corrected chi connectivity index (χ0v) is 14.3. The summed E-state index contributed by atoms with van der Waals surface area (Å²) >= 11 is 0. The Morgan fingerprint density at radius 2 is 2.00 bits per heavy atom. The summed E-state index contributed by atoms with van der Waals surface area (Å²) in [6.45, 7) is 4.02. The molecule has 1 aliphatic carbocycles. The van der Waals surface area contributed by atoms with Crippen molar-refractivity contribution in [3.05, 3.63) is 12.4 Å². The van der Waals surface area contributed by atoms with Gasteiger partial charge in [-0.1, -0.05) is 12.8 Å². The smallest absolute Gasteiger partial charge is 0.319 e. The molecule has 2 fully saturated rings. The highest BCUT2D eigenvalue weighted by atomic mass is 16.3. The molecule has 134 valence electrons. The lowest BCUT2D eigenvalue weighted by atomic mass is 10.1. The van der Waals surface area contributed by atoms with Gasteiger partial charge in [-0.25, -0.2) is 4.79 Å². The van der Waals surface area contributed by atoms with Crippen LogP contribution in [0.25, 0.3) is 0 Å². The van der Waals surface area contributed by atoms with Crippen molar-refractivity contribution in [2.75, 3.05) is 31.5 Å². The Labute approximate surface area is 143 Å². The molecule has 7 nitrogen and oxygen atoms in total. The quantitative estimate of drug-likeness (QED) is 0.708. The van der Waals surface area contributed by atoms with E-state index < -0.39 is 6.10 Å². The maximum absolute atomic E-state index is 11.9. The molecule has 1 aromatic rings. The molecule has 2 amide bonds. The van der Waals surface area contributed by atoms with E-state index in [0.29, 0.717) is 24.7 Å². The summed E-state index contributed by atoms with van der Waals surface area (Å²) < 4.78 is 1.69. The van der Waals surface area contributed by atoms with E-state index in [4.69, 9.17) is 0 Å². The Morgan fingerprint density at radius 1 is 1.25 bits per heavy atom. The topological polar surface area (TPSA) is 82.4 Å². The summed E-state index contributed by atoms with van der Waals surface area (Å²) in [5.41, 5.74) is 0.660. The van der Waals surface area contributed by atoms with Gasteiger partial charge in [0, 0.05) is 19.3 Å². The van der Waals surface area contributed by atoms with Crippen molar-refractivity contribution in [2.45, 2.75) is 51.2 Å². The van der Waals surface area contributed by atoms with E-state index in [9.17, 15) is 9.90 Å². The van der Waals surface area contributed by atoms with Crippen molar-refractivity contribution < 1.29 is 9.90 Å². The molecule has 3 N–H and O–H groups in total. The Bertz CT molecular complexity index is 521. The average Bonchev–Trinajstić information content (AvgIpc) is 3.28. The third kappa shape index (κ3) is 5.21. The third-order valence-electron chi connectivity index (χ3n) is 4.98. The zero-order valence-electron chi connectivity index (χ0n) is 14.3. The van der Waals surface area contributed by atoms with Crippen LogP contribution in [0.2, 0.25) is 0 Å². The SMILES string of the molecule is O=C(NCC1CCCC1)Nc1cnn(C[C@@H](O)CN2CCCC2)c1. The number of hydrogen-bond donors (Lipinski definition) is 3. The lowest BCUT2D eigenvalue weighted by molar-refractivity contribution is 0.106. The van der Waals surface area contributed by atoms with E-state index in [2.05, 4.69) is 20.6 Å². The molecule has 0 bridgehead atoms. The lowest BCUT2D eigenvalue weighted by Gasteiger charge is -2.19. The molecule has 1 saturated heterocycles. The van der Waals surface area contributed by atoms with E-state index in [0.717, 1.165) is 19.6 Å². The molecule has 0 aromatic carbocycles. The summed E-state index contributed by atoms with van der Waals surface area (Å²) in [5, 5.41) is 20.1. The molecule has 0 radical (unpaired) electrons. The van der Waals surface area contributed by atoms with Crippen LogP contribution >= 0.6 is 0 Å². The number of anilines is 1. The maximum atomic E-state index is 11.9. The maximum Gasteiger partial charge on any atom is 0.319 e. The fraction of sp³-hybridized carbons (Fsp3) is 0.765. The number of aliphatic hydroxyl groups excluding tert-OH is 1. The van der Waals surface area contributed by atoms with Crippen LogP contribution in [-0.4, -0.2) is 58.1 Å². The molecule has 1 atom stereocenters. The number of nitrogens with one attached hydrogen (secondary N) is 2. The minimum absolute atomic E-state index is 0.181. The van der Waals surface area contributed by atoms with Gasteiger partial charge in [0.25, 0.3) is 0 Å². The van der Waals surface area contributed by atoms with Crippen LogP contribution in [0.1, 0.15) is 38.5 Å². The summed E-state index contributed by atoms with van der Waals surface area (Å²) in [4.78, 5) is 14.2. The van der Waals surface area contributed by atoms with Gasteiger partial charge in [0.1, 0.15) is 0 Å². The van der Waals surface area contributed by atoms with Crippen LogP contribution < -0.4 is 10.6 Å². The molecular weight excluding hydrogens is 306 g/mol. The van der Waals surface area contributed by atoms with Gasteiger partial charge < -0.3 is 20.6 Å². The van der Waals surface area contributed by atoms with E-state index in [1.54, 1.807) is 17.1 Å². The minimum Gasteiger partial charge on any atom is -0.390 e. The zero-order chi connectivity index (χ0) is 16.8. The number of nitrogens with zero attached hydrogens (tertiary/aromatic N) is 3. The molecule has 7 heteroatoms. The first-order chi connectivity index (χ1) is 11.7. The van der Waals surface area contributed by atoms with Gasteiger partial charge in [-0.05, 0) is 44.7 Å². The summed E-state index contributed by atoms with van der Waals surface area (Å²) in [6.07, 6.45) is 10.4. The Morgan fingerprint density at radius 3 is 2.75 bits per heavy atom. The number of hydrogen-bond acceptors (Lipinski definition) is 4. The number of rotatable bonds is 7. The lowest BCUT2D eigenvalue weighted by Crippen LogP contribution is -2.33. The molecule has 1 aliphatic heterocycles. The fourth-order valence-electron chi connectivity index (χ4n) is 3.69. The molecular formula is C17H29N5O2. The first-order valence-corrected chi connectivity index (χ1v) is 9.17. The number of likely N-dealkylation sites (tertiary alicyclic amines) is 1. The Hall–Kier alpha value is -1.60. The predicted octanol–water partition coefficient (Wildman–Crippen LogP) is 1.65. The minimum atomic E-state index is -0.438. The normalized spacial score (nSPS) is 20.4. The van der Waals surface area contributed by atoms with Gasteiger partial charge >= 0.3 is 6.03 Å². The molecule has 2 heterocycles. The van der Waals surface area contributed by atoms with Crippen molar-refractivity contribution in [3.63, 3.8) is 0 Å². The number of urea groups is 1. The van der Waals surface area contributed by atoms with Crippen molar-refractivity contribution in [1.29, 1.82) is 0 Å². The third-order valence-corrected chi connectivity index (χ3v) is 4.98. The van der Waals surface area contributed by atoms with Gasteiger partial charge in [-0.15, -0.1) is 0 Å². The van der Waals surface area contributed by atoms with E-state index in [1.807, 2.05) is 0 Å². The average molecular weight is 335 g/mol. The number of amides is 2. The molecule has 24 heavy (non-hydrogen) atoms. The number of carbonyl (C=O) groups is 1. The first-order valence-electron chi connectivity index (χ1n) is 9.17. The number of β-amino-alcohol motifs (C(OH)–C–C–N with tert-alkyl or cyclic N) is 1. The van der Waals surface area contributed by atoms with Crippen LogP contribution in [0.5, 0.6) is 0 Å². The standard InChI is InChI=1S/C17H29N5O2/c23-16(12-21-7-3-4-8-21)13-22-11-15(10-19-22)20-17(24)18-9-14-5-1-2-6-14/h10-11,14,16,23H,1-9,12-13H2,(H2,18,20,24)/t16-/m0/s1. The Kier molecular flexibility index (Phi) is 6.09. The largest absolute Gasteiger partial charge is 0.390 e. The van der Waals surface area contributed by atoms with Crippen LogP contribution in [0.15, 0.2) is 12.4 Å². The van der Waals surface area contributed by atoms with Gasteiger partial charge in [0.15, 0.2) is 0 Å². The van der Waals surface area contributed by atoms with Gasteiger partial charge in [-0.3, -0.25) is 4.68 Å². The van der Waals surface area contributed by atoms with Crippen LogP contribution in [0, 0.1) is 5.92 Å². The molecule has 0 unspecified atom stereocenters. The van der Waals surface area contributed by atoms with Crippen molar-refractivity contribution in [2.24, 2.45) is 5.92 Å². The summed E-state index contributed by atoms with van der Waals surface area (Å²) in [5.74, 6) is 0.624. The molecule has 0 spiro atoms. The van der Waals surface area contributed by atoms with Crippen LogP contribution in [0.4, 0.5) is 10.5 Å². The molecule has 3 rings (SSSR count). The summed E-state index contributed by atoms with van der Waals surface area (Å²) in [6, 6.07) is -0.181. The molecule has 1 aromatic heterocycles. The predicted molar refractivity (Wildman–Crippen MR) is 92.9 cm³/mol. The number of aromatic nitrogens is 2. The second kappa shape index (κ2) is 8.48. The molecule has 1 saturated carbocycles. The number of aliphatic hydroxyl groups is 1. The highest BCUT2D eigenvalue weighted by Gasteiger charge is 2.17. The second-order valence-electron chi connectivity index (χ2n) is 7.10. The van der Waals surface area contributed by atoms with Gasteiger partial charge in [-0.2, -0.15) is 5.10 Å².